The molecule has 0 aliphatic rings. The van der Waals surface area contributed by atoms with Crippen molar-refractivity contribution < 1.29 is 14.3 Å². The molecule has 0 bridgehead atoms. The third-order valence-electron chi connectivity index (χ3n) is 4.19. The van der Waals surface area contributed by atoms with Crippen LogP contribution in [0.15, 0.2) is 48.8 Å². The molecule has 2 aromatic carbocycles. The minimum absolute atomic E-state index is 0.00463. The van der Waals surface area contributed by atoms with Gasteiger partial charge in [0.1, 0.15) is 5.69 Å². The number of benzene rings is 2. The van der Waals surface area contributed by atoms with Gasteiger partial charge in [0.2, 0.25) is 0 Å². The Balaban J connectivity index is 1.46. The van der Waals surface area contributed by atoms with Crippen LogP contribution < -0.4 is 5.32 Å². The van der Waals surface area contributed by atoms with Gasteiger partial charge in [0.15, 0.2) is 11.5 Å². The van der Waals surface area contributed by atoms with Gasteiger partial charge in [-0.15, -0.1) is 5.10 Å². The summed E-state index contributed by atoms with van der Waals surface area (Å²) < 4.78 is 15.5. The zero-order chi connectivity index (χ0) is 19.7. The molecule has 2 aromatic heterocycles. The SMILES string of the molecule is O=C(NCC(O)c1ccc(Cl)cc1)c1cn(-c2cc3cn[nH]c3cc2F)nn1. The monoisotopic (exact) mass is 400 g/mol. The van der Waals surface area contributed by atoms with Gasteiger partial charge < -0.3 is 10.4 Å². The molecule has 0 saturated heterocycles. The fraction of sp³-hybridized carbons (Fsp3) is 0.111. The van der Waals surface area contributed by atoms with Crippen LogP contribution in [0.25, 0.3) is 16.6 Å². The van der Waals surface area contributed by atoms with E-state index in [1.54, 1.807) is 36.5 Å². The van der Waals surface area contributed by atoms with Crippen LogP contribution in [0.1, 0.15) is 22.2 Å². The zero-order valence-electron chi connectivity index (χ0n) is 14.3. The second-order valence-corrected chi connectivity index (χ2v) is 6.52. The number of carbonyl (C=O) groups excluding carboxylic acids is 1. The minimum atomic E-state index is -0.905. The minimum Gasteiger partial charge on any atom is -0.387 e. The summed E-state index contributed by atoms with van der Waals surface area (Å²) in [4.78, 5) is 12.3. The average Bonchev–Trinajstić information content (AvgIpc) is 3.34. The van der Waals surface area contributed by atoms with E-state index in [0.29, 0.717) is 21.5 Å². The largest absolute Gasteiger partial charge is 0.387 e. The molecule has 142 valence electrons. The number of aromatic amines is 1. The molecule has 8 nitrogen and oxygen atoms in total. The fourth-order valence-electron chi connectivity index (χ4n) is 2.70. The fourth-order valence-corrected chi connectivity index (χ4v) is 2.82. The van der Waals surface area contributed by atoms with Gasteiger partial charge in [-0.1, -0.05) is 28.9 Å². The molecule has 1 amide bonds. The molecule has 4 rings (SSSR count). The Morgan fingerprint density at radius 1 is 1.32 bits per heavy atom. The lowest BCUT2D eigenvalue weighted by molar-refractivity contribution is 0.0911. The third kappa shape index (κ3) is 3.57. The Kier molecular flexibility index (Phi) is 4.76. The lowest BCUT2D eigenvalue weighted by Gasteiger charge is -2.11. The van der Waals surface area contributed by atoms with Crippen molar-refractivity contribution in [2.24, 2.45) is 0 Å². The second kappa shape index (κ2) is 7.37. The van der Waals surface area contributed by atoms with Crippen molar-refractivity contribution in [3.8, 4) is 5.69 Å². The summed E-state index contributed by atoms with van der Waals surface area (Å²) in [5, 5.41) is 28.1. The summed E-state index contributed by atoms with van der Waals surface area (Å²) in [5.41, 5.74) is 1.30. The smallest absolute Gasteiger partial charge is 0.273 e. The maximum absolute atomic E-state index is 14.3. The van der Waals surface area contributed by atoms with E-state index in [9.17, 15) is 14.3 Å². The van der Waals surface area contributed by atoms with Gasteiger partial charge in [0.25, 0.3) is 5.91 Å². The molecule has 0 spiro atoms. The zero-order valence-corrected chi connectivity index (χ0v) is 15.1. The van der Waals surface area contributed by atoms with Crippen LogP contribution in [0, 0.1) is 5.82 Å². The number of rotatable bonds is 5. The molecule has 1 atom stereocenters. The first-order valence-electron chi connectivity index (χ1n) is 8.28. The van der Waals surface area contributed by atoms with Crippen molar-refractivity contribution in [1.82, 2.24) is 30.5 Å². The predicted molar refractivity (Wildman–Crippen MR) is 99.7 cm³/mol. The number of nitrogens with one attached hydrogen (secondary N) is 2. The molecule has 28 heavy (non-hydrogen) atoms. The Hall–Kier alpha value is -3.30. The highest BCUT2D eigenvalue weighted by Gasteiger charge is 2.16. The number of carbonyl (C=O) groups is 1. The van der Waals surface area contributed by atoms with E-state index in [1.807, 2.05) is 0 Å². The number of aliphatic hydroxyl groups excluding tert-OH is 1. The van der Waals surface area contributed by atoms with Crippen LogP contribution in [-0.4, -0.2) is 42.7 Å². The van der Waals surface area contributed by atoms with Crippen molar-refractivity contribution in [3.63, 3.8) is 0 Å². The van der Waals surface area contributed by atoms with Crippen molar-refractivity contribution in [3.05, 3.63) is 70.9 Å². The van der Waals surface area contributed by atoms with Crippen LogP contribution in [0.5, 0.6) is 0 Å². The lowest BCUT2D eigenvalue weighted by atomic mass is 10.1. The number of aromatic nitrogens is 5. The first-order valence-corrected chi connectivity index (χ1v) is 8.66. The Labute approximate surface area is 162 Å². The van der Waals surface area contributed by atoms with E-state index < -0.39 is 17.8 Å². The van der Waals surface area contributed by atoms with Gasteiger partial charge in [-0.2, -0.15) is 5.10 Å². The van der Waals surface area contributed by atoms with E-state index in [-0.39, 0.29) is 17.9 Å². The maximum atomic E-state index is 14.3. The molecule has 4 aromatic rings. The predicted octanol–water partition coefficient (Wildman–Crippen LogP) is 2.40. The second-order valence-electron chi connectivity index (χ2n) is 6.09. The lowest BCUT2D eigenvalue weighted by Crippen LogP contribution is -2.28. The van der Waals surface area contributed by atoms with E-state index >= 15 is 0 Å². The molecule has 0 saturated carbocycles. The van der Waals surface area contributed by atoms with Crippen molar-refractivity contribution in [1.29, 1.82) is 0 Å². The Morgan fingerprint density at radius 3 is 2.89 bits per heavy atom. The normalized spacial score (nSPS) is 12.2. The summed E-state index contributed by atoms with van der Waals surface area (Å²) in [7, 11) is 0. The first-order chi connectivity index (χ1) is 13.5. The van der Waals surface area contributed by atoms with Crippen molar-refractivity contribution in [2.75, 3.05) is 6.54 Å². The molecule has 10 heteroatoms. The van der Waals surface area contributed by atoms with Gasteiger partial charge in [-0.05, 0) is 23.8 Å². The quantitative estimate of drug-likeness (QED) is 0.476. The van der Waals surface area contributed by atoms with Gasteiger partial charge in [0, 0.05) is 23.0 Å². The van der Waals surface area contributed by atoms with Crippen LogP contribution in [-0.2, 0) is 0 Å². The van der Waals surface area contributed by atoms with E-state index in [0.717, 1.165) is 0 Å². The molecule has 0 fully saturated rings. The number of hydrogen-bond donors (Lipinski definition) is 3. The molecule has 0 radical (unpaired) electrons. The molecule has 2 heterocycles. The van der Waals surface area contributed by atoms with Crippen LogP contribution in [0.3, 0.4) is 0 Å². The van der Waals surface area contributed by atoms with Crippen LogP contribution in [0.4, 0.5) is 4.39 Å². The van der Waals surface area contributed by atoms with E-state index in [1.165, 1.54) is 16.9 Å². The standard InChI is InChI=1S/C18H14ClFN6O2/c19-12-3-1-10(2-4-12)17(27)8-21-18(28)15-9-26(25-24-15)16-5-11-7-22-23-14(11)6-13(16)20/h1-7,9,17,27H,8H2,(H,21,28)(H,22,23). The number of nitrogens with zero attached hydrogens (tertiary/aromatic N) is 4. The van der Waals surface area contributed by atoms with Gasteiger partial charge >= 0.3 is 0 Å². The summed E-state index contributed by atoms with van der Waals surface area (Å²) in [6.07, 6.45) is 1.96. The molecule has 3 N–H and O–H groups in total. The third-order valence-corrected chi connectivity index (χ3v) is 4.44. The summed E-state index contributed by atoms with van der Waals surface area (Å²) >= 11 is 5.81. The Bertz CT molecular complexity index is 1140. The molecule has 1 unspecified atom stereocenters. The molecular formula is C18H14ClFN6O2. The molecular weight excluding hydrogens is 387 g/mol. The molecule has 0 aliphatic heterocycles. The summed E-state index contributed by atoms with van der Waals surface area (Å²) in [6.45, 7) is -0.0251. The highest BCUT2D eigenvalue weighted by Crippen LogP contribution is 2.20. The highest BCUT2D eigenvalue weighted by atomic mass is 35.5. The van der Waals surface area contributed by atoms with Crippen molar-refractivity contribution >= 4 is 28.4 Å². The first kappa shape index (κ1) is 18.1. The van der Waals surface area contributed by atoms with Gasteiger partial charge in [0.05, 0.1) is 24.0 Å². The van der Waals surface area contributed by atoms with Gasteiger partial charge in [-0.25, -0.2) is 9.07 Å². The number of hydrogen-bond acceptors (Lipinski definition) is 5. The topological polar surface area (TPSA) is 109 Å². The highest BCUT2D eigenvalue weighted by molar-refractivity contribution is 6.30. The number of fused-ring (bicyclic) bond motifs is 1. The molecule has 0 aliphatic carbocycles. The van der Waals surface area contributed by atoms with Crippen molar-refractivity contribution in [2.45, 2.75) is 6.10 Å². The Morgan fingerprint density at radius 2 is 2.11 bits per heavy atom. The van der Waals surface area contributed by atoms with Crippen LogP contribution >= 0.6 is 11.6 Å². The summed E-state index contributed by atoms with van der Waals surface area (Å²) in [5.74, 6) is -1.07. The summed E-state index contributed by atoms with van der Waals surface area (Å²) in [6, 6.07) is 9.49. The van der Waals surface area contributed by atoms with E-state index in [4.69, 9.17) is 11.6 Å². The van der Waals surface area contributed by atoms with E-state index in [2.05, 4.69) is 25.8 Å². The number of halogens is 2. The number of amides is 1. The number of aliphatic hydroxyl groups is 1. The number of H-pyrrole nitrogens is 1. The van der Waals surface area contributed by atoms with Gasteiger partial charge in [-0.3, -0.25) is 9.89 Å². The average molecular weight is 401 g/mol. The van der Waals surface area contributed by atoms with Crippen LogP contribution in [0.2, 0.25) is 5.02 Å². The maximum Gasteiger partial charge on any atom is 0.273 e.